The van der Waals surface area contributed by atoms with Gasteiger partial charge in [-0.2, -0.15) is 0 Å². The van der Waals surface area contributed by atoms with Crippen LogP contribution in [-0.4, -0.2) is 9.55 Å². The van der Waals surface area contributed by atoms with Crippen molar-refractivity contribution in [2.75, 3.05) is 5.73 Å². The van der Waals surface area contributed by atoms with Crippen molar-refractivity contribution in [2.24, 2.45) is 7.05 Å². The van der Waals surface area contributed by atoms with Crippen molar-refractivity contribution in [3.05, 3.63) is 34.7 Å². The van der Waals surface area contributed by atoms with Crippen LogP contribution >= 0.6 is 11.6 Å². The summed E-state index contributed by atoms with van der Waals surface area (Å²) in [4.78, 5) is 4.12. The van der Waals surface area contributed by atoms with Crippen LogP contribution in [0.5, 0.6) is 0 Å². The molecule has 0 unspecified atom stereocenters. The lowest BCUT2D eigenvalue weighted by Gasteiger charge is -2.02. The Kier molecular flexibility index (Phi) is 2.59. The summed E-state index contributed by atoms with van der Waals surface area (Å²) in [6, 6.07) is 4.37. The number of nitrogens with two attached hydrogens (primary N) is 1. The van der Waals surface area contributed by atoms with E-state index in [1.165, 1.54) is 12.1 Å². The van der Waals surface area contributed by atoms with Crippen LogP contribution in [0.2, 0.25) is 5.02 Å². The summed E-state index contributed by atoms with van der Waals surface area (Å²) in [5.74, 6) is -0.00234. The maximum atomic E-state index is 13.6. The smallest absolute Gasteiger partial charge is 0.200 e. The lowest BCUT2D eigenvalue weighted by atomic mass is 10.1. The van der Waals surface area contributed by atoms with E-state index in [0.29, 0.717) is 22.2 Å². The largest absolute Gasteiger partial charge is 0.369 e. The molecular weight excluding hydrogens is 229 g/mol. The van der Waals surface area contributed by atoms with E-state index in [0.717, 1.165) is 5.69 Å². The SMILES string of the molecule is Cc1c(-c2cc(Cl)ccc2F)nc(N)n1C. The van der Waals surface area contributed by atoms with Crippen LogP contribution in [0.3, 0.4) is 0 Å². The minimum atomic E-state index is -0.356. The number of imidazole rings is 1. The fraction of sp³-hybridized carbons (Fsp3) is 0.182. The molecule has 0 amide bonds. The molecule has 16 heavy (non-hydrogen) atoms. The molecule has 0 spiro atoms. The fourth-order valence-electron chi connectivity index (χ4n) is 1.54. The Morgan fingerprint density at radius 1 is 1.44 bits per heavy atom. The van der Waals surface area contributed by atoms with Crippen LogP contribution in [0.1, 0.15) is 5.69 Å². The average Bonchev–Trinajstić information content (AvgIpc) is 2.50. The van der Waals surface area contributed by atoms with E-state index in [-0.39, 0.29) is 5.82 Å². The molecular formula is C11H11ClFN3. The molecule has 2 N–H and O–H groups in total. The minimum Gasteiger partial charge on any atom is -0.369 e. The zero-order chi connectivity index (χ0) is 11.9. The van der Waals surface area contributed by atoms with Gasteiger partial charge >= 0.3 is 0 Å². The molecule has 0 aliphatic carbocycles. The third-order valence-corrected chi connectivity index (χ3v) is 2.83. The molecule has 3 nitrogen and oxygen atoms in total. The van der Waals surface area contributed by atoms with Gasteiger partial charge in [-0.25, -0.2) is 9.37 Å². The van der Waals surface area contributed by atoms with E-state index in [2.05, 4.69) is 4.98 Å². The number of hydrogen-bond donors (Lipinski definition) is 1. The lowest BCUT2D eigenvalue weighted by molar-refractivity contribution is 0.630. The molecule has 0 saturated heterocycles. The number of halogens is 2. The summed E-state index contributed by atoms with van der Waals surface area (Å²) in [6.45, 7) is 1.83. The third kappa shape index (κ3) is 1.65. The maximum Gasteiger partial charge on any atom is 0.200 e. The molecule has 2 aromatic rings. The van der Waals surface area contributed by atoms with Gasteiger partial charge in [0.2, 0.25) is 5.95 Å². The lowest BCUT2D eigenvalue weighted by Crippen LogP contribution is -1.97. The highest BCUT2D eigenvalue weighted by Gasteiger charge is 2.14. The molecule has 0 saturated carbocycles. The predicted octanol–water partition coefficient (Wildman–Crippen LogP) is 2.77. The first-order chi connectivity index (χ1) is 7.50. The zero-order valence-electron chi connectivity index (χ0n) is 8.96. The fourth-order valence-corrected chi connectivity index (χ4v) is 1.71. The van der Waals surface area contributed by atoms with Gasteiger partial charge in [0, 0.05) is 23.3 Å². The van der Waals surface area contributed by atoms with Gasteiger partial charge in [0.25, 0.3) is 0 Å². The van der Waals surface area contributed by atoms with Crippen molar-refractivity contribution in [1.29, 1.82) is 0 Å². The predicted molar refractivity (Wildman–Crippen MR) is 62.8 cm³/mol. The van der Waals surface area contributed by atoms with E-state index >= 15 is 0 Å². The Labute approximate surface area is 97.7 Å². The highest BCUT2D eigenvalue weighted by atomic mass is 35.5. The van der Waals surface area contributed by atoms with Gasteiger partial charge in [-0.3, -0.25) is 0 Å². The molecule has 1 heterocycles. The second-order valence-corrected chi connectivity index (χ2v) is 4.02. The normalized spacial score (nSPS) is 10.8. The quantitative estimate of drug-likeness (QED) is 0.832. The highest BCUT2D eigenvalue weighted by molar-refractivity contribution is 6.30. The summed E-state index contributed by atoms with van der Waals surface area (Å²) in [5.41, 5.74) is 7.37. The molecule has 0 aliphatic heterocycles. The van der Waals surface area contributed by atoms with Gasteiger partial charge in [0.1, 0.15) is 5.82 Å². The van der Waals surface area contributed by atoms with Crippen molar-refractivity contribution in [3.63, 3.8) is 0 Å². The van der Waals surface area contributed by atoms with Crippen LogP contribution in [0.25, 0.3) is 11.3 Å². The van der Waals surface area contributed by atoms with Gasteiger partial charge in [-0.15, -0.1) is 0 Å². The van der Waals surface area contributed by atoms with Gasteiger partial charge in [-0.05, 0) is 25.1 Å². The number of benzene rings is 1. The Morgan fingerprint density at radius 2 is 2.12 bits per heavy atom. The van der Waals surface area contributed by atoms with Crippen molar-refractivity contribution in [1.82, 2.24) is 9.55 Å². The van der Waals surface area contributed by atoms with Crippen LogP contribution < -0.4 is 5.73 Å². The second kappa shape index (κ2) is 3.79. The molecule has 0 bridgehead atoms. The first-order valence-electron chi connectivity index (χ1n) is 4.75. The van der Waals surface area contributed by atoms with Crippen molar-refractivity contribution in [2.45, 2.75) is 6.92 Å². The first-order valence-corrected chi connectivity index (χ1v) is 5.12. The van der Waals surface area contributed by atoms with E-state index in [4.69, 9.17) is 17.3 Å². The van der Waals surface area contributed by atoms with E-state index in [9.17, 15) is 4.39 Å². The van der Waals surface area contributed by atoms with Gasteiger partial charge in [0.05, 0.1) is 5.69 Å². The number of nitrogen functional groups attached to an aromatic ring is 1. The van der Waals surface area contributed by atoms with Crippen molar-refractivity contribution >= 4 is 17.5 Å². The molecule has 2 rings (SSSR count). The van der Waals surface area contributed by atoms with Gasteiger partial charge < -0.3 is 10.3 Å². The Hall–Kier alpha value is -1.55. The molecule has 1 aromatic carbocycles. The Morgan fingerprint density at radius 3 is 2.69 bits per heavy atom. The van der Waals surface area contributed by atoms with E-state index < -0.39 is 0 Å². The molecule has 0 atom stereocenters. The highest BCUT2D eigenvalue weighted by Crippen LogP contribution is 2.28. The minimum absolute atomic E-state index is 0.354. The Bertz CT molecular complexity index is 548. The topological polar surface area (TPSA) is 43.8 Å². The van der Waals surface area contributed by atoms with Crippen LogP contribution in [0.4, 0.5) is 10.3 Å². The summed E-state index contributed by atoms with van der Waals surface area (Å²) in [5, 5.41) is 0.472. The number of hydrogen-bond acceptors (Lipinski definition) is 2. The monoisotopic (exact) mass is 239 g/mol. The number of aromatic nitrogens is 2. The number of rotatable bonds is 1. The standard InChI is InChI=1S/C11H11ClFN3/c1-6-10(15-11(14)16(6)2)8-5-7(12)3-4-9(8)13/h3-5H,1-2H3,(H2,14,15). The van der Waals surface area contributed by atoms with Crippen molar-refractivity contribution in [3.8, 4) is 11.3 Å². The molecule has 0 aliphatic rings. The van der Waals surface area contributed by atoms with E-state index in [1.54, 1.807) is 17.7 Å². The summed E-state index contributed by atoms with van der Waals surface area (Å²) in [6.07, 6.45) is 0. The number of nitrogens with zero attached hydrogens (tertiary/aromatic N) is 2. The van der Waals surface area contributed by atoms with E-state index in [1.807, 2.05) is 6.92 Å². The van der Waals surface area contributed by atoms with Crippen LogP contribution in [0, 0.1) is 12.7 Å². The molecule has 1 aromatic heterocycles. The zero-order valence-corrected chi connectivity index (χ0v) is 9.72. The van der Waals surface area contributed by atoms with Crippen LogP contribution in [0.15, 0.2) is 18.2 Å². The molecule has 84 valence electrons. The number of anilines is 1. The Balaban J connectivity index is 2.67. The second-order valence-electron chi connectivity index (χ2n) is 3.59. The van der Waals surface area contributed by atoms with Crippen molar-refractivity contribution < 1.29 is 4.39 Å². The summed E-state index contributed by atoms with van der Waals surface area (Å²) in [7, 11) is 1.78. The molecule has 0 radical (unpaired) electrons. The summed E-state index contributed by atoms with van der Waals surface area (Å²) < 4.78 is 15.3. The molecule has 5 heteroatoms. The van der Waals surface area contributed by atoms with Gasteiger partial charge in [0.15, 0.2) is 0 Å². The van der Waals surface area contributed by atoms with Gasteiger partial charge in [-0.1, -0.05) is 11.6 Å². The summed E-state index contributed by atoms with van der Waals surface area (Å²) >= 11 is 5.83. The van der Waals surface area contributed by atoms with Crippen LogP contribution in [-0.2, 0) is 7.05 Å². The maximum absolute atomic E-state index is 13.6. The molecule has 0 fully saturated rings. The average molecular weight is 240 g/mol. The first kappa shape index (κ1) is 11.0. The third-order valence-electron chi connectivity index (χ3n) is 2.60.